The van der Waals surface area contributed by atoms with E-state index in [1.807, 2.05) is 30.3 Å². The molecule has 2 rings (SSSR count). The van der Waals surface area contributed by atoms with Crippen molar-refractivity contribution in [2.75, 3.05) is 14.2 Å². The third-order valence-corrected chi connectivity index (χ3v) is 3.88. The van der Waals surface area contributed by atoms with Crippen LogP contribution < -0.4 is 14.8 Å². The molecule has 1 N–H and O–H groups in total. The second-order valence-electron chi connectivity index (χ2n) is 4.79. The van der Waals surface area contributed by atoms with Crippen LogP contribution >= 0.6 is 11.6 Å². The van der Waals surface area contributed by atoms with Gasteiger partial charge in [0.25, 0.3) is 0 Å². The third kappa shape index (κ3) is 3.69. The fourth-order valence-corrected chi connectivity index (χ4v) is 2.49. The van der Waals surface area contributed by atoms with Crippen LogP contribution in [-0.4, -0.2) is 14.2 Å². The Morgan fingerprint density at radius 3 is 2.38 bits per heavy atom. The molecule has 2 aromatic rings. The van der Waals surface area contributed by atoms with Gasteiger partial charge in [0, 0.05) is 12.6 Å². The van der Waals surface area contributed by atoms with E-state index in [9.17, 15) is 0 Å². The van der Waals surface area contributed by atoms with Gasteiger partial charge in [-0.15, -0.1) is 0 Å². The first kappa shape index (κ1) is 15.7. The van der Waals surface area contributed by atoms with Crippen molar-refractivity contribution in [3.05, 3.63) is 58.6 Å². The average Bonchev–Trinajstić information content (AvgIpc) is 2.53. The number of halogens is 1. The number of ether oxygens (including phenoxy) is 2. The van der Waals surface area contributed by atoms with Gasteiger partial charge in [-0.25, -0.2) is 0 Å². The van der Waals surface area contributed by atoms with Crippen LogP contribution in [0.5, 0.6) is 11.5 Å². The molecule has 0 amide bonds. The van der Waals surface area contributed by atoms with Crippen LogP contribution in [-0.2, 0) is 6.54 Å². The number of rotatable bonds is 6. The summed E-state index contributed by atoms with van der Waals surface area (Å²) in [5.74, 6) is 1.22. The lowest BCUT2D eigenvalue weighted by atomic mass is 10.1. The number of nitrogens with one attached hydrogen (secondary N) is 1. The van der Waals surface area contributed by atoms with E-state index in [1.165, 1.54) is 5.56 Å². The second-order valence-corrected chi connectivity index (χ2v) is 5.17. The highest BCUT2D eigenvalue weighted by Gasteiger charge is 2.13. The molecule has 0 saturated carbocycles. The largest absolute Gasteiger partial charge is 0.493 e. The molecule has 0 aromatic heterocycles. The van der Waals surface area contributed by atoms with Crippen LogP contribution in [0.2, 0.25) is 5.02 Å². The molecule has 0 saturated heterocycles. The highest BCUT2D eigenvalue weighted by molar-refractivity contribution is 6.33. The van der Waals surface area contributed by atoms with Crippen LogP contribution in [0.15, 0.2) is 42.5 Å². The van der Waals surface area contributed by atoms with Gasteiger partial charge in [-0.05, 0) is 24.1 Å². The molecular formula is C17H20ClNO2. The molecular weight excluding hydrogens is 286 g/mol. The Labute approximate surface area is 130 Å². The first-order chi connectivity index (χ1) is 10.2. The van der Waals surface area contributed by atoms with Crippen molar-refractivity contribution >= 4 is 11.6 Å². The van der Waals surface area contributed by atoms with Gasteiger partial charge in [0.15, 0.2) is 11.5 Å². The van der Waals surface area contributed by atoms with E-state index in [1.54, 1.807) is 14.2 Å². The summed E-state index contributed by atoms with van der Waals surface area (Å²) >= 11 is 6.38. The molecule has 0 radical (unpaired) electrons. The molecule has 4 heteroatoms. The van der Waals surface area contributed by atoms with E-state index < -0.39 is 0 Å². The van der Waals surface area contributed by atoms with Gasteiger partial charge < -0.3 is 14.8 Å². The molecule has 0 bridgehead atoms. The number of benzene rings is 2. The summed E-state index contributed by atoms with van der Waals surface area (Å²) in [6, 6.07) is 14.4. The fourth-order valence-electron chi connectivity index (χ4n) is 2.19. The minimum Gasteiger partial charge on any atom is -0.493 e. The fraction of sp³-hybridized carbons (Fsp3) is 0.294. The maximum absolute atomic E-state index is 6.38. The Balaban J connectivity index is 2.10. The van der Waals surface area contributed by atoms with Gasteiger partial charge in [0.05, 0.1) is 19.2 Å². The molecule has 0 fully saturated rings. The number of methoxy groups -OCH3 is 2. The summed E-state index contributed by atoms with van der Waals surface area (Å²) < 4.78 is 10.6. The van der Waals surface area contributed by atoms with E-state index in [0.717, 1.165) is 5.56 Å². The van der Waals surface area contributed by atoms with Gasteiger partial charge in [-0.1, -0.05) is 48.0 Å². The van der Waals surface area contributed by atoms with Crippen molar-refractivity contribution in [2.24, 2.45) is 0 Å². The van der Waals surface area contributed by atoms with E-state index in [-0.39, 0.29) is 6.04 Å². The molecule has 21 heavy (non-hydrogen) atoms. The van der Waals surface area contributed by atoms with Crippen molar-refractivity contribution in [1.82, 2.24) is 5.32 Å². The molecule has 2 aromatic carbocycles. The lowest BCUT2D eigenvalue weighted by Crippen LogP contribution is -2.18. The maximum Gasteiger partial charge on any atom is 0.179 e. The first-order valence-corrected chi connectivity index (χ1v) is 7.22. The zero-order valence-electron chi connectivity index (χ0n) is 12.5. The van der Waals surface area contributed by atoms with Crippen molar-refractivity contribution in [2.45, 2.75) is 19.5 Å². The maximum atomic E-state index is 6.38. The SMILES string of the molecule is COc1ccc(CNC(C)c2ccccc2)c(Cl)c1OC. The summed E-state index contributed by atoms with van der Waals surface area (Å²) in [6.45, 7) is 2.79. The van der Waals surface area contributed by atoms with Crippen molar-refractivity contribution in [1.29, 1.82) is 0 Å². The Hall–Kier alpha value is -1.71. The molecule has 3 nitrogen and oxygen atoms in total. The molecule has 0 aliphatic carbocycles. The van der Waals surface area contributed by atoms with Crippen LogP contribution in [0.4, 0.5) is 0 Å². The van der Waals surface area contributed by atoms with Crippen molar-refractivity contribution in [3.63, 3.8) is 0 Å². The van der Waals surface area contributed by atoms with Crippen molar-refractivity contribution in [3.8, 4) is 11.5 Å². The molecule has 0 heterocycles. The Morgan fingerprint density at radius 2 is 1.76 bits per heavy atom. The Kier molecular flexibility index (Phi) is 5.48. The average molecular weight is 306 g/mol. The Bertz CT molecular complexity index is 587. The van der Waals surface area contributed by atoms with Gasteiger partial charge >= 0.3 is 0 Å². The number of hydrogen-bond donors (Lipinski definition) is 1. The molecule has 0 spiro atoms. The van der Waals surface area contributed by atoms with Crippen LogP contribution in [0.3, 0.4) is 0 Å². The highest BCUT2D eigenvalue weighted by atomic mass is 35.5. The zero-order valence-corrected chi connectivity index (χ0v) is 13.3. The minimum atomic E-state index is 0.246. The number of hydrogen-bond acceptors (Lipinski definition) is 3. The summed E-state index contributed by atoms with van der Waals surface area (Å²) in [7, 11) is 3.19. The highest BCUT2D eigenvalue weighted by Crippen LogP contribution is 2.37. The second kappa shape index (κ2) is 7.34. The van der Waals surface area contributed by atoms with Gasteiger partial charge in [0.2, 0.25) is 0 Å². The van der Waals surface area contributed by atoms with E-state index in [0.29, 0.717) is 23.1 Å². The van der Waals surface area contributed by atoms with Gasteiger partial charge in [-0.3, -0.25) is 0 Å². The predicted molar refractivity (Wildman–Crippen MR) is 86.3 cm³/mol. The predicted octanol–water partition coefficient (Wildman–Crippen LogP) is 4.21. The summed E-state index contributed by atoms with van der Waals surface area (Å²) in [6.07, 6.45) is 0. The molecule has 1 atom stereocenters. The van der Waals surface area contributed by atoms with E-state index in [2.05, 4.69) is 24.4 Å². The lowest BCUT2D eigenvalue weighted by molar-refractivity contribution is 0.354. The zero-order chi connectivity index (χ0) is 15.2. The van der Waals surface area contributed by atoms with Crippen LogP contribution in [0, 0.1) is 0 Å². The molecule has 0 aliphatic heterocycles. The van der Waals surface area contributed by atoms with E-state index in [4.69, 9.17) is 21.1 Å². The van der Waals surface area contributed by atoms with E-state index >= 15 is 0 Å². The quantitative estimate of drug-likeness (QED) is 0.867. The molecule has 112 valence electrons. The monoisotopic (exact) mass is 305 g/mol. The van der Waals surface area contributed by atoms with Gasteiger partial charge in [-0.2, -0.15) is 0 Å². The standard InChI is InChI=1S/C17H20ClNO2/c1-12(13-7-5-4-6-8-13)19-11-14-9-10-15(20-2)17(21-3)16(14)18/h4-10,12,19H,11H2,1-3H3. The lowest BCUT2D eigenvalue weighted by Gasteiger charge is -2.17. The topological polar surface area (TPSA) is 30.5 Å². The summed E-state index contributed by atoms with van der Waals surface area (Å²) in [4.78, 5) is 0. The van der Waals surface area contributed by atoms with Crippen LogP contribution in [0.25, 0.3) is 0 Å². The first-order valence-electron chi connectivity index (χ1n) is 6.85. The summed E-state index contributed by atoms with van der Waals surface area (Å²) in [5, 5.41) is 4.05. The third-order valence-electron chi connectivity index (χ3n) is 3.46. The summed E-state index contributed by atoms with van der Waals surface area (Å²) in [5.41, 5.74) is 2.23. The van der Waals surface area contributed by atoms with Crippen molar-refractivity contribution < 1.29 is 9.47 Å². The Morgan fingerprint density at radius 1 is 1.05 bits per heavy atom. The smallest absolute Gasteiger partial charge is 0.179 e. The van der Waals surface area contributed by atoms with Gasteiger partial charge in [0.1, 0.15) is 0 Å². The molecule has 1 unspecified atom stereocenters. The normalized spacial score (nSPS) is 12.0. The van der Waals surface area contributed by atoms with Crippen LogP contribution in [0.1, 0.15) is 24.1 Å². The molecule has 0 aliphatic rings. The minimum absolute atomic E-state index is 0.246.